The molecule has 1 N–H and O–H groups in total. The summed E-state index contributed by atoms with van der Waals surface area (Å²) < 4.78 is 16.1. The van der Waals surface area contributed by atoms with Gasteiger partial charge in [-0.3, -0.25) is 4.79 Å². The second-order valence-corrected chi connectivity index (χ2v) is 7.80. The first-order chi connectivity index (χ1) is 15.5. The number of aromatic nitrogens is 1. The number of carbonyl (C=O) groups is 1. The Morgan fingerprint density at radius 2 is 1.94 bits per heavy atom. The number of carbonyl (C=O) groups excluding carboxylic acids is 1. The first kappa shape index (κ1) is 21.6. The predicted octanol–water partition coefficient (Wildman–Crippen LogP) is 5.77. The highest BCUT2D eigenvalue weighted by Crippen LogP contribution is 2.25. The molecule has 0 unspecified atom stereocenters. The molecule has 0 aliphatic heterocycles. The average molecular weight is 465 g/mol. The molecule has 1 aromatic heterocycles. The van der Waals surface area contributed by atoms with E-state index < -0.39 is 11.7 Å². The van der Waals surface area contributed by atoms with Gasteiger partial charge >= 0.3 is 0 Å². The van der Waals surface area contributed by atoms with Crippen LogP contribution >= 0.6 is 23.2 Å². The van der Waals surface area contributed by atoms with E-state index in [4.69, 9.17) is 28.5 Å². The van der Waals surface area contributed by atoms with Gasteiger partial charge in [0, 0.05) is 29.2 Å². The highest BCUT2D eigenvalue weighted by Gasteiger charge is 2.12. The number of para-hydroxylation sites is 1. The topological polar surface area (TPSA) is 70.2 Å². The number of hydrogen-bond acceptors (Lipinski definition) is 3. The van der Waals surface area contributed by atoms with Crippen LogP contribution in [0.2, 0.25) is 10.0 Å². The van der Waals surface area contributed by atoms with E-state index in [-0.39, 0.29) is 11.1 Å². The van der Waals surface area contributed by atoms with Crippen LogP contribution in [0.1, 0.15) is 27.0 Å². The van der Waals surface area contributed by atoms with Gasteiger partial charge in [0.05, 0.1) is 33.5 Å². The van der Waals surface area contributed by atoms with Gasteiger partial charge in [-0.15, -0.1) is 0 Å². The number of nitrogens with zero attached hydrogens (tertiary/aromatic N) is 3. The summed E-state index contributed by atoms with van der Waals surface area (Å²) in [6, 6.07) is 18.7. The summed E-state index contributed by atoms with van der Waals surface area (Å²) >= 11 is 12.1. The zero-order valence-corrected chi connectivity index (χ0v) is 18.0. The maximum absolute atomic E-state index is 14.0. The van der Waals surface area contributed by atoms with E-state index in [9.17, 15) is 9.18 Å². The third-order valence-electron chi connectivity index (χ3n) is 4.87. The molecule has 0 spiro atoms. The quantitative estimate of drug-likeness (QED) is 0.300. The molecule has 3 aromatic carbocycles. The zero-order chi connectivity index (χ0) is 22.7. The number of hydrogen-bond donors (Lipinski definition) is 1. The number of amides is 1. The van der Waals surface area contributed by atoms with Crippen LogP contribution in [0.4, 0.5) is 4.39 Å². The Labute approximate surface area is 193 Å². The van der Waals surface area contributed by atoms with Crippen molar-refractivity contribution in [1.82, 2.24) is 9.99 Å². The van der Waals surface area contributed by atoms with Gasteiger partial charge < -0.3 is 4.57 Å². The molecule has 1 amide bonds. The second-order valence-electron chi connectivity index (χ2n) is 6.98. The molecular weight excluding hydrogens is 450 g/mol. The van der Waals surface area contributed by atoms with Crippen LogP contribution in [0.5, 0.6) is 0 Å². The summed E-state index contributed by atoms with van der Waals surface area (Å²) in [6.07, 6.45) is 3.41. The minimum atomic E-state index is -0.782. The summed E-state index contributed by atoms with van der Waals surface area (Å²) in [4.78, 5) is 12.2. The van der Waals surface area contributed by atoms with Crippen molar-refractivity contribution in [2.45, 2.75) is 6.54 Å². The first-order valence-electron chi connectivity index (χ1n) is 9.51. The largest absolute Gasteiger partial charge is 0.342 e. The van der Waals surface area contributed by atoms with Gasteiger partial charge in [0.15, 0.2) is 0 Å². The predicted molar refractivity (Wildman–Crippen MR) is 124 cm³/mol. The van der Waals surface area contributed by atoms with Crippen molar-refractivity contribution in [2.75, 3.05) is 0 Å². The Morgan fingerprint density at radius 1 is 1.12 bits per heavy atom. The van der Waals surface area contributed by atoms with Crippen LogP contribution in [0, 0.1) is 17.1 Å². The van der Waals surface area contributed by atoms with E-state index >= 15 is 0 Å². The molecule has 0 saturated heterocycles. The van der Waals surface area contributed by atoms with Gasteiger partial charge in [-0.1, -0.05) is 47.5 Å². The van der Waals surface area contributed by atoms with Crippen LogP contribution < -0.4 is 5.43 Å². The number of benzene rings is 3. The van der Waals surface area contributed by atoms with Crippen molar-refractivity contribution in [3.63, 3.8) is 0 Å². The summed E-state index contributed by atoms with van der Waals surface area (Å²) in [5.74, 6) is -1.49. The Kier molecular flexibility index (Phi) is 6.22. The van der Waals surface area contributed by atoms with E-state index in [1.807, 2.05) is 53.2 Å². The maximum Gasteiger partial charge on any atom is 0.274 e. The van der Waals surface area contributed by atoms with Crippen LogP contribution in [-0.2, 0) is 6.54 Å². The molecule has 0 aliphatic rings. The van der Waals surface area contributed by atoms with Crippen LogP contribution in [0.3, 0.4) is 0 Å². The van der Waals surface area contributed by atoms with Gasteiger partial charge in [-0.05, 0) is 42.0 Å². The lowest BCUT2D eigenvalue weighted by molar-refractivity contribution is 0.0951. The summed E-state index contributed by atoms with van der Waals surface area (Å²) in [5.41, 5.74) is 5.01. The molecule has 4 rings (SSSR count). The fourth-order valence-electron chi connectivity index (χ4n) is 3.33. The molecule has 8 heteroatoms. The lowest BCUT2D eigenvalue weighted by Gasteiger charge is -2.06. The van der Waals surface area contributed by atoms with Gasteiger partial charge in [0.25, 0.3) is 5.91 Å². The van der Waals surface area contributed by atoms with E-state index in [0.717, 1.165) is 28.1 Å². The Morgan fingerprint density at radius 3 is 2.69 bits per heavy atom. The van der Waals surface area contributed by atoms with Crippen molar-refractivity contribution in [1.29, 1.82) is 5.26 Å². The van der Waals surface area contributed by atoms with Crippen LogP contribution in [-0.4, -0.2) is 16.7 Å². The lowest BCUT2D eigenvalue weighted by atomic mass is 10.1. The fourth-order valence-corrected chi connectivity index (χ4v) is 3.65. The minimum Gasteiger partial charge on any atom is -0.342 e. The van der Waals surface area contributed by atoms with Crippen molar-refractivity contribution in [3.05, 3.63) is 105 Å². The molecule has 158 valence electrons. The molecule has 32 heavy (non-hydrogen) atoms. The van der Waals surface area contributed by atoms with E-state index in [1.165, 1.54) is 18.3 Å². The van der Waals surface area contributed by atoms with Gasteiger partial charge in [0.2, 0.25) is 0 Å². The number of rotatable bonds is 5. The van der Waals surface area contributed by atoms with Gasteiger partial charge in [-0.25, -0.2) is 9.82 Å². The molecule has 0 atom stereocenters. The monoisotopic (exact) mass is 464 g/mol. The summed E-state index contributed by atoms with van der Waals surface area (Å²) in [7, 11) is 0. The standard InChI is InChI=1S/C24H15Cl2FN4O/c25-20-8-6-16(9-21(20)26)13-31-14-17(18-3-1-2-4-23(18)31)12-29-30-24(32)19-7-5-15(11-28)10-22(19)27/h1-10,12,14H,13H2,(H,30,32)/b29-12-. The Hall–Kier alpha value is -3.66. The van der Waals surface area contributed by atoms with Crippen LogP contribution in [0.15, 0.2) is 72.0 Å². The molecule has 4 aromatic rings. The van der Waals surface area contributed by atoms with Crippen molar-refractivity contribution >= 4 is 46.2 Å². The number of fused-ring (bicyclic) bond motifs is 1. The molecule has 0 fully saturated rings. The molecule has 0 saturated carbocycles. The van der Waals surface area contributed by atoms with Crippen molar-refractivity contribution in [2.24, 2.45) is 5.10 Å². The smallest absolute Gasteiger partial charge is 0.274 e. The van der Waals surface area contributed by atoms with E-state index in [2.05, 4.69) is 10.5 Å². The van der Waals surface area contributed by atoms with Crippen molar-refractivity contribution in [3.8, 4) is 6.07 Å². The second kappa shape index (κ2) is 9.23. The third kappa shape index (κ3) is 4.50. The average Bonchev–Trinajstić information content (AvgIpc) is 3.13. The number of halogens is 3. The highest BCUT2D eigenvalue weighted by atomic mass is 35.5. The lowest BCUT2D eigenvalue weighted by Crippen LogP contribution is -2.19. The number of nitriles is 1. The van der Waals surface area contributed by atoms with E-state index in [0.29, 0.717) is 16.6 Å². The molecular formula is C24H15Cl2FN4O. The Balaban J connectivity index is 1.57. The SMILES string of the molecule is N#Cc1ccc(C(=O)N/N=C\c2cn(Cc3ccc(Cl)c(Cl)c3)c3ccccc23)c(F)c1. The number of hydrazone groups is 1. The molecule has 1 heterocycles. The summed E-state index contributed by atoms with van der Waals surface area (Å²) in [5, 5.41) is 14.7. The molecule has 0 bridgehead atoms. The van der Waals surface area contributed by atoms with Gasteiger partial charge in [0.1, 0.15) is 5.82 Å². The normalized spacial score (nSPS) is 11.1. The molecule has 0 aliphatic carbocycles. The molecule has 0 radical (unpaired) electrons. The third-order valence-corrected chi connectivity index (χ3v) is 5.61. The fraction of sp³-hybridized carbons (Fsp3) is 0.0417. The minimum absolute atomic E-state index is 0.136. The highest BCUT2D eigenvalue weighted by molar-refractivity contribution is 6.42. The summed E-state index contributed by atoms with van der Waals surface area (Å²) in [6.45, 7) is 0.564. The van der Waals surface area contributed by atoms with Gasteiger partial charge in [-0.2, -0.15) is 10.4 Å². The molecule has 5 nitrogen and oxygen atoms in total. The number of nitrogens with one attached hydrogen (secondary N) is 1. The van der Waals surface area contributed by atoms with Crippen LogP contribution in [0.25, 0.3) is 10.9 Å². The van der Waals surface area contributed by atoms with E-state index in [1.54, 1.807) is 6.07 Å². The first-order valence-corrected chi connectivity index (χ1v) is 10.3. The Bertz CT molecular complexity index is 1410. The van der Waals surface area contributed by atoms with Crippen molar-refractivity contribution < 1.29 is 9.18 Å². The maximum atomic E-state index is 14.0. The zero-order valence-electron chi connectivity index (χ0n) is 16.5.